The Hall–Kier alpha value is -1.96. The Labute approximate surface area is 101 Å². The number of H-pyrrole nitrogens is 1. The lowest BCUT2D eigenvalue weighted by molar-refractivity contribution is 1.50. The van der Waals surface area contributed by atoms with Crippen LogP contribution in [0.1, 0.15) is 19.4 Å². The Morgan fingerprint density at radius 1 is 1.00 bits per heavy atom. The summed E-state index contributed by atoms with van der Waals surface area (Å²) in [4.78, 5) is 3.38. The number of aryl methyl sites for hydroxylation is 1. The molecule has 0 amide bonds. The first-order valence-corrected chi connectivity index (χ1v) is 6.02. The second-order valence-electron chi connectivity index (χ2n) is 3.93. The summed E-state index contributed by atoms with van der Waals surface area (Å²) in [6.07, 6.45) is 0. The van der Waals surface area contributed by atoms with Crippen molar-refractivity contribution in [3.05, 3.63) is 42.0 Å². The maximum atomic E-state index is 5.83. The highest BCUT2D eigenvalue weighted by Crippen LogP contribution is 2.29. The molecule has 1 aromatic heterocycles. The van der Waals surface area contributed by atoms with Crippen LogP contribution in [0.4, 0.5) is 5.69 Å². The molecule has 0 aliphatic rings. The van der Waals surface area contributed by atoms with Crippen LogP contribution in [-0.2, 0) is 0 Å². The summed E-state index contributed by atoms with van der Waals surface area (Å²) in [7, 11) is 0. The van der Waals surface area contributed by atoms with Gasteiger partial charge in [0.05, 0.1) is 0 Å². The number of hydrogen-bond donors (Lipinski definition) is 2. The molecule has 2 nitrogen and oxygen atoms in total. The maximum Gasteiger partial charge on any atom is 0.0488 e. The molecule has 0 spiro atoms. The van der Waals surface area contributed by atoms with Crippen molar-refractivity contribution in [3.63, 3.8) is 0 Å². The molecular formula is C15H18N2. The molecule has 2 aromatic carbocycles. The van der Waals surface area contributed by atoms with E-state index in [4.69, 9.17) is 5.73 Å². The molecule has 3 N–H and O–H groups in total. The molecule has 2 heteroatoms. The minimum atomic E-state index is 0.812. The fraction of sp³-hybridized carbons (Fsp3) is 0.200. The third-order valence-corrected chi connectivity index (χ3v) is 2.82. The van der Waals surface area contributed by atoms with Crippen LogP contribution >= 0.6 is 0 Å². The number of nitrogens with two attached hydrogens (primary N) is 1. The van der Waals surface area contributed by atoms with Crippen LogP contribution in [0.2, 0.25) is 0 Å². The molecule has 0 aliphatic carbocycles. The van der Waals surface area contributed by atoms with Crippen molar-refractivity contribution in [2.24, 2.45) is 0 Å². The Morgan fingerprint density at radius 2 is 1.71 bits per heavy atom. The van der Waals surface area contributed by atoms with Crippen LogP contribution < -0.4 is 5.73 Å². The van der Waals surface area contributed by atoms with Gasteiger partial charge in [0.2, 0.25) is 0 Å². The standard InChI is InChI=1S/C13H12N2.C2H6/c1-8-6-9(14)7-12-13(8)10-4-2-3-5-11(10)15-12;1-2/h2-7,15H,14H2,1H3;1-2H3. The maximum absolute atomic E-state index is 5.83. The number of nitrogens with one attached hydrogen (secondary N) is 1. The zero-order valence-electron chi connectivity index (χ0n) is 10.5. The Kier molecular flexibility index (Phi) is 3.05. The highest BCUT2D eigenvalue weighted by molar-refractivity contribution is 6.09. The van der Waals surface area contributed by atoms with E-state index < -0.39 is 0 Å². The molecule has 0 saturated heterocycles. The second-order valence-corrected chi connectivity index (χ2v) is 3.93. The summed E-state index contributed by atoms with van der Waals surface area (Å²) in [6.45, 7) is 6.10. The van der Waals surface area contributed by atoms with Gasteiger partial charge in [-0.05, 0) is 30.7 Å². The van der Waals surface area contributed by atoms with E-state index in [1.165, 1.54) is 21.9 Å². The van der Waals surface area contributed by atoms with E-state index >= 15 is 0 Å². The van der Waals surface area contributed by atoms with Crippen molar-refractivity contribution < 1.29 is 0 Å². The zero-order valence-corrected chi connectivity index (χ0v) is 10.5. The SMILES string of the molecule is CC.Cc1cc(N)cc2[nH]c3ccccc3c12. The van der Waals surface area contributed by atoms with Gasteiger partial charge in [0.1, 0.15) is 0 Å². The number of fused-ring (bicyclic) bond motifs is 3. The third kappa shape index (κ3) is 1.86. The minimum Gasteiger partial charge on any atom is -0.399 e. The first-order chi connectivity index (χ1) is 8.25. The molecule has 0 atom stereocenters. The number of aromatic amines is 1. The molecule has 3 rings (SSSR count). The molecule has 3 aromatic rings. The van der Waals surface area contributed by atoms with Gasteiger partial charge in [-0.3, -0.25) is 0 Å². The molecule has 0 unspecified atom stereocenters. The van der Waals surface area contributed by atoms with E-state index in [0.717, 1.165) is 11.2 Å². The lowest BCUT2D eigenvalue weighted by Gasteiger charge is -1.99. The number of benzene rings is 2. The Balaban J connectivity index is 0.000000514. The largest absolute Gasteiger partial charge is 0.399 e. The molecular weight excluding hydrogens is 208 g/mol. The molecule has 0 radical (unpaired) electrons. The predicted octanol–water partition coefficient (Wildman–Crippen LogP) is 4.24. The smallest absolute Gasteiger partial charge is 0.0488 e. The first kappa shape index (κ1) is 11.5. The van der Waals surface area contributed by atoms with Gasteiger partial charge in [-0.1, -0.05) is 32.0 Å². The van der Waals surface area contributed by atoms with Crippen LogP contribution in [-0.4, -0.2) is 4.98 Å². The van der Waals surface area contributed by atoms with E-state index in [1.54, 1.807) is 0 Å². The molecule has 88 valence electrons. The summed E-state index contributed by atoms with van der Waals surface area (Å²) in [6, 6.07) is 12.3. The van der Waals surface area contributed by atoms with Gasteiger partial charge in [-0.2, -0.15) is 0 Å². The van der Waals surface area contributed by atoms with Gasteiger partial charge in [-0.15, -0.1) is 0 Å². The number of para-hydroxylation sites is 1. The van der Waals surface area contributed by atoms with Crippen molar-refractivity contribution in [1.29, 1.82) is 0 Å². The van der Waals surface area contributed by atoms with Gasteiger partial charge >= 0.3 is 0 Å². The van der Waals surface area contributed by atoms with Gasteiger partial charge < -0.3 is 10.7 Å². The number of rotatable bonds is 0. The highest BCUT2D eigenvalue weighted by Gasteiger charge is 2.06. The van der Waals surface area contributed by atoms with Crippen LogP contribution in [0, 0.1) is 6.92 Å². The summed E-state index contributed by atoms with van der Waals surface area (Å²) in [5.41, 5.74) is 10.1. The normalized spacial score (nSPS) is 10.3. The summed E-state index contributed by atoms with van der Waals surface area (Å²) in [5, 5.41) is 2.55. The number of hydrogen-bond acceptors (Lipinski definition) is 1. The van der Waals surface area contributed by atoms with E-state index in [1.807, 2.05) is 32.0 Å². The monoisotopic (exact) mass is 226 g/mol. The quantitative estimate of drug-likeness (QED) is 0.553. The van der Waals surface area contributed by atoms with Crippen LogP contribution in [0.3, 0.4) is 0 Å². The van der Waals surface area contributed by atoms with Crippen LogP contribution in [0.5, 0.6) is 0 Å². The number of aromatic nitrogens is 1. The highest BCUT2D eigenvalue weighted by atomic mass is 14.7. The fourth-order valence-electron chi connectivity index (χ4n) is 2.23. The lowest BCUT2D eigenvalue weighted by atomic mass is 10.1. The van der Waals surface area contributed by atoms with Crippen LogP contribution in [0.25, 0.3) is 21.8 Å². The van der Waals surface area contributed by atoms with Crippen molar-refractivity contribution in [2.45, 2.75) is 20.8 Å². The molecule has 0 fully saturated rings. The van der Waals surface area contributed by atoms with E-state index in [9.17, 15) is 0 Å². The summed E-state index contributed by atoms with van der Waals surface area (Å²) in [5.74, 6) is 0. The predicted molar refractivity (Wildman–Crippen MR) is 76.3 cm³/mol. The van der Waals surface area contributed by atoms with Gasteiger partial charge in [-0.25, -0.2) is 0 Å². The topological polar surface area (TPSA) is 41.8 Å². The Morgan fingerprint density at radius 3 is 2.47 bits per heavy atom. The summed E-state index contributed by atoms with van der Waals surface area (Å²) < 4.78 is 0. The molecule has 1 heterocycles. The zero-order chi connectivity index (χ0) is 12.4. The average Bonchev–Trinajstić information content (AvgIpc) is 2.69. The lowest BCUT2D eigenvalue weighted by Crippen LogP contribution is -1.85. The second kappa shape index (κ2) is 4.50. The Bertz CT molecular complexity index is 650. The molecule has 0 saturated carbocycles. The summed E-state index contributed by atoms with van der Waals surface area (Å²) >= 11 is 0. The van der Waals surface area contributed by atoms with Gasteiger partial charge in [0.15, 0.2) is 0 Å². The van der Waals surface area contributed by atoms with Crippen molar-refractivity contribution in [2.75, 3.05) is 5.73 Å². The van der Waals surface area contributed by atoms with E-state index in [2.05, 4.69) is 30.1 Å². The first-order valence-electron chi connectivity index (χ1n) is 6.02. The number of nitrogen functional groups attached to an aromatic ring is 1. The van der Waals surface area contributed by atoms with E-state index in [-0.39, 0.29) is 0 Å². The van der Waals surface area contributed by atoms with Crippen molar-refractivity contribution in [1.82, 2.24) is 4.98 Å². The fourth-order valence-corrected chi connectivity index (χ4v) is 2.23. The van der Waals surface area contributed by atoms with E-state index in [0.29, 0.717) is 0 Å². The van der Waals surface area contributed by atoms with Crippen molar-refractivity contribution in [3.8, 4) is 0 Å². The molecule has 0 aliphatic heterocycles. The molecule has 0 bridgehead atoms. The van der Waals surface area contributed by atoms with Gasteiger partial charge in [0.25, 0.3) is 0 Å². The number of anilines is 1. The van der Waals surface area contributed by atoms with Crippen LogP contribution in [0.15, 0.2) is 36.4 Å². The van der Waals surface area contributed by atoms with Gasteiger partial charge in [0, 0.05) is 27.5 Å². The minimum absolute atomic E-state index is 0.812. The third-order valence-electron chi connectivity index (χ3n) is 2.82. The van der Waals surface area contributed by atoms with Crippen molar-refractivity contribution >= 4 is 27.5 Å². The molecule has 17 heavy (non-hydrogen) atoms. The average molecular weight is 226 g/mol.